The number of rotatable bonds is 7. The molecule has 0 saturated carbocycles. The number of nitrogens with one attached hydrogen (secondary N) is 2. The second-order valence-corrected chi connectivity index (χ2v) is 12.0. The molecule has 45 heavy (non-hydrogen) atoms. The quantitative estimate of drug-likeness (QED) is 0.157. The molecule has 1 unspecified atom stereocenters. The Bertz CT molecular complexity index is 1870. The number of nitrogens with zero attached hydrogens (tertiary/aromatic N) is 2. The molecule has 0 saturated heterocycles. The Balaban J connectivity index is 1.30. The van der Waals surface area contributed by atoms with Crippen LogP contribution in [-0.2, 0) is 17.8 Å². The second kappa shape index (κ2) is 12.2. The topological polar surface area (TPSA) is 102 Å². The molecule has 3 aromatic carbocycles. The molecule has 6 rings (SSSR count). The molecule has 0 bridgehead atoms. The van der Waals surface area contributed by atoms with Crippen LogP contribution in [0.1, 0.15) is 74.8 Å². The number of aromatic nitrogens is 2. The lowest BCUT2D eigenvalue weighted by atomic mass is 9.95. The van der Waals surface area contributed by atoms with Crippen molar-refractivity contribution in [2.75, 3.05) is 5.32 Å². The summed E-state index contributed by atoms with van der Waals surface area (Å²) in [7, 11) is 0. The lowest BCUT2D eigenvalue weighted by molar-refractivity contribution is 0.00702. The molecule has 8 heteroatoms. The van der Waals surface area contributed by atoms with E-state index in [0.29, 0.717) is 35.6 Å². The first-order valence-electron chi connectivity index (χ1n) is 14.9. The van der Waals surface area contributed by atoms with Crippen LogP contribution in [-0.4, -0.2) is 32.8 Å². The molecule has 3 heterocycles. The second-order valence-electron chi connectivity index (χ2n) is 12.0. The molecule has 1 atom stereocenters. The Morgan fingerprint density at radius 2 is 1.67 bits per heavy atom. The zero-order valence-corrected chi connectivity index (χ0v) is 25.4. The summed E-state index contributed by atoms with van der Waals surface area (Å²) in [4.78, 5) is 44.5. The van der Waals surface area contributed by atoms with Crippen molar-refractivity contribution in [3.8, 4) is 11.1 Å². The minimum atomic E-state index is -0.728. The van der Waals surface area contributed by atoms with Gasteiger partial charge in [-0.25, -0.2) is 4.79 Å². The van der Waals surface area contributed by atoms with E-state index in [1.54, 1.807) is 42.7 Å². The van der Waals surface area contributed by atoms with Gasteiger partial charge in [0.15, 0.2) is 5.78 Å². The minimum absolute atomic E-state index is 0.139. The predicted octanol–water partition coefficient (Wildman–Crippen LogP) is 6.83. The van der Waals surface area contributed by atoms with Gasteiger partial charge < -0.3 is 19.9 Å². The van der Waals surface area contributed by atoms with Gasteiger partial charge in [0.05, 0.1) is 12.1 Å². The summed E-state index contributed by atoms with van der Waals surface area (Å²) in [6.45, 7) is 6.28. The monoisotopic (exact) mass is 598 g/mol. The molecule has 2 N–H and O–H groups in total. The third-order valence-electron chi connectivity index (χ3n) is 7.65. The van der Waals surface area contributed by atoms with E-state index in [-0.39, 0.29) is 11.7 Å². The Kier molecular flexibility index (Phi) is 8.04. The number of amides is 1. The number of para-hydroxylation sites is 1. The van der Waals surface area contributed by atoms with E-state index in [2.05, 4.69) is 15.6 Å². The number of carbonyl (C=O) groups is 3. The van der Waals surface area contributed by atoms with E-state index in [0.717, 1.165) is 27.9 Å². The lowest BCUT2D eigenvalue weighted by Gasteiger charge is -2.21. The van der Waals surface area contributed by atoms with Crippen LogP contribution in [0.25, 0.3) is 11.1 Å². The van der Waals surface area contributed by atoms with Crippen molar-refractivity contribution < 1.29 is 19.1 Å². The first-order valence-corrected chi connectivity index (χ1v) is 14.9. The number of ketones is 1. The highest BCUT2D eigenvalue weighted by molar-refractivity contribution is 6.03. The highest BCUT2D eigenvalue weighted by Gasteiger charge is 2.31. The first kappa shape index (κ1) is 29.6. The van der Waals surface area contributed by atoms with Crippen LogP contribution in [0.2, 0.25) is 0 Å². The summed E-state index contributed by atoms with van der Waals surface area (Å²) >= 11 is 0. The summed E-state index contributed by atoms with van der Waals surface area (Å²) in [6.07, 6.45) is 3.41. The zero-order chi connectivity index (χ0) is 31.6. The van der Waals surface area contributed by atoms with Crippen LogP contribution in [0.4, 0.5) is 5.69 Å². The Labute approximate surface area is 262 Å². The summed E-state index contributed by atoms with van der Waals surface area (Å²) < 4.78 is 7.53. The molecular weight excluding hydrogens is 564 g/mol. The highest BCUT2D eigenvalue weighted by atomic mass is 16.6. The molecule has 2 aromatic heterocycles. The fourth-order valence-corrected chi connectivity index (χ4v) is 5.51. The van der Waals surface area contributed by atoms with Crippen LogP contribution in [0.3, 0.4) is 0 Å². The summed E-state index contributed by atoms with van der Waals surface area (Å²) in [5, 5.41) is 6.42. The van der Waals surface area contributed by atoms with Crippen LogP contribution >= 0.6 is 0 Å². The standard InChI is InChI=1S/C37H34N4O4/c1-37(2,3)45-36(44)29-12-6-5-11-28(29)25-14-16-26(17-15-25)34(42)33-31-18-19-32(35(43)39-22-24-9-8-20-38-21-24)41(31)23-27-10-4-7-13-30(27)40-33/h4-21,33,40H,22-23H2,1-3H3,(H,39,43). The number of carbonyl (C=O) groups excluding carboxylic acids is 3. The molecule has 1 amide bonds. The van der Waals surface area contributed by atoms with Crippen LogP contribution in [0, 0.1) is 0 Å². The normalized spacial score (nSPS) is 13.9. The van der Waals surface area contributed by atoms with Crippen molar-refractivity contribution in [2.24, 2.45) is 0 Å². The lowest BCUT2D eigenvalue weighted by Crippen LogP contribution is -2.27. The van der Waals surface area contributed by atoms with Crippen LogP contribution < -0.4 is 10.6 Å². The maximum atomic E-state index is 14.1. The smallest absolute Gasteiger partial charge is 0.339 e. The van der Waals surface area contributed by atoms with Crippen molar-refractivity contribution in [1.82, 2.24) is 14.9 Å². The van der Waals surface area contributed by atoms with E-state index in [4.69, 9.17) is 4.74 Å². The van der Waals surface area contributed by atoms with Crippen LogP contribution in [0.15, 0.2) is 109 Å². The van der Waals surface area contributed by atoms with Gasteiger partial charge in [-0.2, -0.15) is 0 Å². The van der Waals surface area contributed by atoms with Gasteiger partial charge in [0.2, 0.25) is 0 Å². The number of ether oxygens (including phenoxy) is 1. The van der Waals surface area contributed by atoms with Crippen molar-refractivity contribution in [2.45, 2.75) is 45.5 Å². The van der Waals surface area contributed by atoms with Gasteiger partial charge >= 0.3 is 5.97 Å². The van der Waals surface area contributed by atoms with E-state index in [1.165, 1.54) is 0 Å². The van der Waals surface area contributed by atoms with Crippen LogP contribution in [0.5, 0.6) is 0 Å². The molecular formula is C37H34N4O4. The molecule has 1 aliphatic rings. The number of benzene rings is 3. The molecule has 0 spiro atoms. The maximum Gasteiger partial charge on any atom is 0.339 e. The number of hydrogen-bond acceptors (Lipinski definition) is 6. The van der Waals surface area contributed by atoms with Crippen molar-refractivity contribution in [3.63, 3.8) is 0 Å². The maximum absolute atomic E-state index is 14.1. The van der Waals surface area contributed by atoms with Crippen molar-refractivity contribution >= 4 is 23.3 Å². The Morgan fingerprint density at radius 1 is 0.911 bits per heavy atom. The summed E-state index contributed by atoms with van der Waals surface area (Å²) in [5.74, 6) is -0.773. The van der Waals surface area contributed by atoms with E-state index in [9.17, 15) is 14.4 Å². The van der Waals surface area contributed by atoms with Crippen molar-refractivity contribution in [3.05, 3.63) is 143 Å². The zero-order valence-electron chi connectivity index (χ0n) is 25.4. The average molecular weight is 599 g/mol. The molecule has 1 aliphatic heterocycles. The van der Waals surface area contributed by atoms with Gasteiger partial charge in [-0.05, 0) is 73.4 Å². The first-order chi connectivity index (χ1) is 21.7. The number of Topliss-reactive ketones (excluding diaryl/α,β-unsaturated/α-hetero) is 1. The van der Waals surface area contributed by atoms with Gasteiger partial charge in [-0.15, -0.1) is 0 Å². The van der Waals surface area contributed by atoms with Gasteiger partial charge in [0, 0.05) is 35.9 Å². The molecule has 0 fully saturated rings. The predicted molar refractivity (Wildman–Crippen MR) is 173 cm³/mol. The minimum Gasteiger partial charge on any atom is -0.456 e. The fraction of sp³-hybridized carbons (Fsp3) is 0.189. The third kappa shape index (κ3) is 6.40. The van der Waals surface area contributed by atoms with Gasteiger partial charge in [-0.1, -0.05) is 66.7 Å². The molecule has 0 aliphatic carbocycles. The number of anilines is 1. The molecule has 0 radical (unpaired) electrons. The highest BCUT2D eigenvalue weighted by Crippen LogP contribution is 2.33. The molecule has 226 valence electrons. The number of fused-ring (bicyclic) bond motifs is 2. The van der Waals surface area contributed by atoms with E-state index < -0.39 is 17.6 Å². The summed E-state index contributed by atoms with van der Waals surface area (Å²) in [5.41, 5.74) is 5.73. The van der Waals surface area contributed by atoms with Gasteiger partial charge in [0.25, 0.3) is 5.91 Å². The Morgan fingerprint density at radius 3 is 2.42 bits per heavy atom. The largest absolute Gasteiger partial charge is 0.456 e. The molecule has 5 aromatic rings. The van der Waals surface area contributed by atoms with Gasteiger partial charge in [-0.3, -0.25) is 14.6 Å². The van der Waals surface area contributed by atoms with E-state index in [1.807, 2.05) is 92.1 Å². The average Bonchev–Trinajstić information content (AvgIpc) is 3.38. The van der Waals surface area contributed by atoms with Crippen molar-refractivity contribution in [1.29, 1.82) is 0 Å². The fourth-order valence-electron chi connectivity index (χ4n) is 5.51. The number of hydrogen-bond donors (Lipinski definition) is 2. The molecule has 8 nitrogen and oxygen atoms in total. The third-order valence-corrected chi connectivity index (χ3v) is 7.65. The summed E-state index contributed by atoms with van der Waals surface area (Å²) in [6, 6.07) is 28.9. The SMILES string of the molecule is CC(C)(C)OC(=O)c1ccccc1-c1ccc(C(=O)C2Nc3ccccc3Cn3c(C(=O)NCc4cccnc4)ccc32)cc1. The van der Waals surface area contributed by atoms with E-state index >= 15 is 0 Å². The number of pyridine rings is 1. The number of esters is 1. The Hall–Kier alpha value is -5.50. The van der Waals surface area contributed by atoms with Gasteiger partial charge in [0.1, 0.15) is 17.3 Å².